The highest BCUT2D eigenvalue weighted by Crippen LogP contribution is 2.29. The van der Waals surface area contributed by atoms with Crippen LogP contribution in [0.1, 0.15) is 48.9 Å². The minimum atomic E-state index is 0.162. The van der Waals surface area contributed by atoms with E-state index in [9.17, 15) is 4.79 Å². The second-order valence-corrected chi connectivity index (χ2v) is 7.63. The van der Waals surface area contributed by atoms with Gasteiger partial charge < -0.3 is 16.0 Å². The molecule has 1 aliphatic carbocycles. The van der Waals surface area contributed by atoms with Crippen molar-refractivity contribution in [1.29, 1.82) is 0 Å². The first kappa shape index (κ1) is 18.8. The van der Waals surface area contributed by atoms with Gasteiger partial charge in [0.25, 0.3) is 0 Å². The Bertz CT molecular complexity index is 829. The van der Waals surface area contributed by atoms with Gasteiger partial charge in [0.2, 0.25) is 5.91 Å². The topological polar surface area (TPSA) is 66.1 Å². The summed E-state index contributed by atoms with van der Waals surface area (Å²) in [5.41, 5.74) is 6.18. The summed E-state index contributed by atoms with van der Waals surface area (Å²) in [4.78, 5) is 16.1. The van der Waals surface area contributed by atoms with Crippen LogP contribution in [0.2, 0.25) is 0 Å². The lowest BCUT2D eigenvalue weighted by Crippen LogP contribution is -2.43. The molecule has 2 aliphatic rings. The molecule has 28 heavy (non-hydrogen) atoms. The molecule has 1 unspecified atom stereocenters. The summed E-state index contributed by atoms with van der Waals surface area (Å²) in [6.07, 6.45) is 6.82. The van der Waals surface area contributed by atoms with Gasteiger partial charge in [0.05, 0.1) is 5.69 Å². The van der Waals surface area contributed by atoms with Crippen LogP contribution in [0.25, 0.3) is 0 Å². The number of pyridine rings is 1. The molecule has 2 aromatic rings. The van der Waals surface area contributed by atoms with Gasteiger partial charge in [-0.15, -0.1) is 0 Å². The normalized spacial score (nSPS) is 19.3. The molecule has 0 fully saturated rings. The molecular formula is C23H28N4O. The third kappa shape index (κ3) is 4.86. The summed E-state index contributed by atoms with van der Waals surface area (Å²) in [5, 5.41) is 10.2. The Morgan fingerprint density at radius 3 is 2.57 bits per heavy atom. The SMILES string of the molecule is O=C1CCC2=C(N1)C(NCc1ccc(CNCc3ccccn3)cc1)CCC2. The van der Waals surface area contributed by atoms with Gasteiger partial charge in [-0.3, -0.25) is 9.78 Å². The average Bonchev–Trinajstić information content (AvgIpc) is 2.74. The molecule has 3 N–H and O–H groups in total. The van der Waals surface area contributed by atoms with E-state index in [-0.39, 0.29) is 11.9 Å². The standard InChI is InChI=1S/C23H28N4O/c28-22-12-11-19-4-3-6-21(23(19)27-22)26-15-18-9-7-17(8-10-18)14-24-16-20-5-1-2-13-25-20/h1-2,5,7-10,13,21,24,26H,3-4,6,11-12,14-16H2,(H,27,28). The Morgan fingerprint density at radius 2 is 1.79 bits per heavy atom. The van der Waals surface area contributed by atoms with E-state index < -0.39 is 0 Å². The van der Waals surface area contributed by atoms with Crippen molar-refractivity contribution in [1.82, 2.24) is 20.9 Å². The van der Waals surface area contributed by atoms with E-state index in [4.69, 9.17) is 0 Å². The van der Waals surface area contributed by atoms with Crippen molar-refractivity contribution >= 4 is 5.91 Å². The lowest BCUT2D eigenvalue weighted by atomic mass is 9.87. The zero-order valence-electron chi connectivity index (χ0n) is 16.2. The van der Waals surface area contributed by atoms with Crippen molar-refractivity contribution < 1.29 is 4.79 Å². The molecule has 5 nitrogen and oxygen atoms in total. The fraction of sp³-hybridized carbons (Fsp3) is 0.391. The molecule has 1 aromatic carbocycles. The maximum atomic E-state index is 11.8. The van der Waals surface area contributed by atoms with Gasteiger partial charge in [-0.25, -0.2) is 0 Å². The highest BCUT2D eigenvalue weighted by atomic mass is 16.1. The smallest absolute Gasteiger partial charge is 0.224 e. The van der Waals surface area contributed by atoms with Crippen molar-refractivity contribution in [2.75, 3.05) is 0 Å². The monoisotopic (exact) mass is 376 g/mol. The van der Waals surface area contributed by atoms with Crippen LogP contribution in [0.5, 0.6) is 0 Å². The van der Waals surface area contributed by atoms with E-state index in [0.29, 0.717) is 6.42 Å². The minimum absolute atomic E-state index is 0.162. The molecule has 0 saturated carbocycles. The fourth-order valence-electron chi connectivity index (χ4n) is 4.02. The first-order valence-corrected chi connectivity index (χ1v) is 10.2. The molecule has 2 heterocycles. The molecule has 0 saturated heterocycles. The largest absolute Gasteiger partial charge is 0.328 e. The van der Waals surface area contributed by atoms with E-state index in [1.54, 1.807) is 0 Å². The summed E-state index contributed by atoms with van der Waals surface area (Å²) < 4.78 is 0. The molecule has 5 heteroatoms. The molecule has 4 rings (SSSR count). The molecule has 0 spiro atoms. The number of allylic oxidation sites excluding steroid dienone is 1. The number of nitrogens with one attached hydrogen (secondary N) is 3. The lowest BCUT2D eigenvalue weighted by molar-refractivity contribution is -0.121. The van der Waals surface area contributed by atoms with Crippen LogP contribution in [0.4, 0.5) is 0 Å². The Kier molecular flexibility index (Phi) is 6.14. The quantitative estimate of drug-likeness (QED) is 0.694. The summed E-state index contributed by atoms with van der Waals surface area (Å²) in [5.74, 6) is 0.162. The average molecular weight is 377 g/mol. The van der Waals surface area contributed by atoms with Crippen LogP contribution < -0.4 is 16.0 Å². The fourth-order valence-corrected chi connectivity index (χ4v) is 4.02. The van der Waals surface area contributed by atoms with Crippen LogP contribution in [0.3, 0.4) is 0 Å². The number of hydrogen-bond acceptors (Lipinski definition) is 4. The maximum absolute atomic E-state index is 11.8. The summed E-state index contributed by atoms with van der Waals surface area (Å²) in [7, 11) is 0. The van der Waals surface area contributed by atoms with Gasteiger partial charge >= 0.3 is 0 Å². The number of aromatic nitrogens is 1. The van der Waals surface area contributed by atoms with Crippen molar-refractivity contribution in [2.45, 2.75) is 57.8 Å². The van der Waals surface area contributed by atoms with Crippen LogP contribution in [-0.4, -0.2) is 16.9 Å². The number of carbonyl (C=O) groups excluding carboxylic acids is 1. The molecule has 0 bridgehead atoms. The third-order valence-electron chi connectivity index (χ3n) is 5.57. The summed E-state index contributed by atoms with van der Waals surface area (Å²) in [6.45, 7) is 2.42. The number of carbonyl (C=O) groups is 1. The van der Waals surface area contributed by atoms with Crippen molar-refractivity contribution in [3.8, 4) is 0 Å². The van der Waals surface area contributed by atoms with Crippen LogP contribution in [-0.2, 0) is 24.4 Å². The highest BCUT2D eigenvalue weighted by molar-refractivity contribution is 5.80. The maximum Gasteiger partial charge on any atom is 0.224 e. The highest BCUT2D eigenvalue weighted by Gasteiger charge is 2.27. The molecule has 146 valence electrons. The zero-order valence-corrected chi connectivity index (χ0v) is 16.2. The van der Waals surface area contributed by atoms with Gasteiger partial charge in [0, 0.05) is 44.0 Å². The number of amides is 1. The Labute approximate surface area is 166 Å². The van der Waals surface area contributed by atoms with Crippen molar-refractivity contribution in [3.05, 3.63) is 76.8 Å². The molecule has 1 amide bonds. The predicted octanol–water partition coefficient (Wildman–Crippen LogP) is 3.18. The van der Waals surface area contributed by atoms with E-state index in [0.717, 1.165) is 50.3 Å². The van der Waals surface area contributed by atoms with Crippen molar-refractivity contribution in [2.24, 2.45) is 0 Å². The number of benzene rings is 1. The Balaban J connectivity index is 1.27. The number of rotatable bonds is 7. The van der Waals surface area contributed by atoms with Gasteiger partial charge in [0.1, 0.15) is 0 Å². The first-order valence-electron chi connectivity index (χ1n) is 10.2. The molecular weight excluding hydrogens is 348 g/mol. The van der Waals surface area contributed by atoms with Gasteiger partial charge in [-0.05, 0) is 54.5 Å². The van der Waals surface area contributed by atoms with E-state index in [1.807, 2.05) is 24.4 Å². The summed E-state index contributed by atoms with van der Waals surface area (Å²) >= 11 is 0. The van der Waals surface area contributed by atoms with Gasteiger partial charge in [-0.1, -0.05) is 30.3 Å². The molecule has 1 aromatic heterocycles. The van der Waals surface area contributed by atoms with Gasteiger partial charge in [0.15, 0.2) is 0 Å². The molecule has 0 radical (unpaired) electrons. The first-order chi connectivity index (χ1) is 13.8. The zero-order chi connectivity index (χ0) is 19.2. The van der Waals surface area contributed by atoms with E-state index in [2.05, 4.69) is 45.2 Å². The summed E-state index contributed by atoms with van der Waals surface area (Å²) in [6, 6.07) is 15.0. The second-order valence-electron chi connectivity index (χ2n) is 7.63. The molecule has 1 atom stereocenters. The van der Waals surface area contributed by atoms with E-state index in [1.165, 1.54) is 23.1 Å². The molecule has 1 aliphatic heterocycles. The van der Waals surface area contributed by atoms with E-state index >= 15 is 0 Å². The minimum Gasteiger partial charge on any atom is -0.328 e. The lowest BCUT2D eigenvalue weighted by Gasteiger charge is -2.32. The van der Waals surface area contributed by atoms with Crippen LogP contribution in [0, 0.1) is 0 Å². The number of nitrogens with zero attached hydrogens (tertiary/aromatic N) is 1. The van der Waals surface area contributed by atoms with Crippen LogP contribution in [0.15, 0.2) is 59.9 Å². The second kappa shape index (κ2) is 9.13. The van der Waals surface area contributed by atoms with Gasteiger partial charge in [-0.2, -0.15) is 0 Å². The number of hydrogen-bond donors (Lipinski definition) is 3. The van der Waals surface area contributed by atoms with Crippen LogP contribution >= 0.6 is 0 Å². The third-order valence-corrected chi connectivity index (χ3v) is 5.57. The van der Waals surface area contributed by atoms with Crippen molar-refractivity contribution in [3.63, 3.8) is 0 Å². The predicted molar refractivity (Wildman–Crippen MR) is 110 cm³/mol. The Morgan fingerprint density at radius 1 is 0.964 bits per heavy atom. The Hall–Kier alpha value is -2.50.